The van der Waals surface area contributed by atoms with E-state index in [-0.39, 0.29) is 46.7 Å². The molecule has 3 rings (SSSR count). The summed E-state index contributed by atoms with van der Waals surface area (Å²) in [6, 6.07) is 5.10. The Morgan fingerprint density at radius 1 is 1.23 bits per heavy atom. The molecule has 1 saturated carbocycles. The van der Waals surface area contributed by atoms with E-state index in [2.05, 4.69) is 28.2 Å². The van der Waals surface area contributed by atoms with Gasteiger partial charge in [-0.25, -0.2) is 13.8 Å². The summed E-state index contributed by atoms with van der Waals surface area (Å²) in [6.07, 6.45) is 3.84. The van der Waals surface area contributed by atoms with E-state index in [1.807, 2.05) is 0 Å². The second-order valence-electron chi connectivity index (χ2n) is 7.17. The Bertz CT molecular complexity index is 942. The van der Waals surface area contributed by atoms with Crippen molar-refractivity contribution in [2.24, 2.45) is 5.92 Å². The van der Waals surface area contributed by atoms with Crippen molar-refractivity contribution in [1.29, 1.82) is 0 Å². The van der Waals surface area contributed by atoms with E-state index in [0.29, 0.717) is 18.4 Å². The number of thiol groups is 1. The van der Waals surface area contributed by atoms with E-state index < -0.39 is 11.6 Å². The lowest BCUT2D eigenvalue weighted by Gasteiger charge is -2.28. The number of benzene rings is 1. The fourth-order valence-corrected chi connectivity index (χ4v) is 3.75. The Kier molecular flexibility index (Phi) is 7.25. The smallest absolute Gasteiger partial charge is 0.229 e. The van der Waals surface area contributed by atoms with Gasteiger partial charge >= 0.3 is 0 Å². The van der Waals surface area contributed by atoms with E-state index in [0.717, 1.165) is 25.1 Å². The number of carbonyl (C=O) groups excluding carboxylic acids is 2. The third kappa shape index (κ3) is 5.27. The van der Waals surface area contributed by atoms with Crippen molar-refractivity contribution in [2.45, 2.75) is 31.7 Å². The van der Waals surface area contributed by atoms with Crippen molar-refractivity contribution in [3.8, 4) is 16.9 Å². The van der Waals surface area contributed by atoms with Crippen LogP contribution in [0.4, 0.5) is 14.6 Å². The number of nitrogens with zero attached hydrogens (tertiary/aromatic N) is 1. The molecular formula is C21H23F2N3O3S. The van der Waals surface area contributed by atoms with Crippen molar-refractivity contribution in [3.63, 3.8) is 0 Å². The van der Waals surface area contributed by atoms with Crippen LogP contribution in [0.5, 0.6) is 5.75 Å². The van der Waals surface area contributed by atoms with Crippen LogP contribution in [0.1, 0.15) is 25.7 Å². The number of carbonyl (C=O) groups is 2. The lowest BCUT2D eigenvalue weighted by molar-refractivity contribution is -0.123. The van der Waals surface area contributed by atoms with Gasteiger partial charge in [0.2, 0.25) is 11.8 Å². The molecule has 1 fully saturated rings. The summed E-state index contributed by atoms with van der Waals surface area (Å²) in [4.78, 5) is 28.2. The van der Waals surface area contributed by atoms with Crippen molar-refractivity contribution in [1.82, 2.24) is 10.3 Å². The molecule has 0 aliphatic heterocycles. The number of nitrogens with one attached hydrogen (secondary N) is 2. The molecule has 9 heteroatoms. The first-order valence-corrected chi connectivity index (χ1v) is 10.2. The number of hydrogen-bond acceptors (Lipinski definition) is 5. The molecule has 2 amide bonds. The maximum Gasteiger partial charge on any atom is 0.229 e. The van der Waals surface area contributed by atoms with Crippen LogP contribution in [-0.2, 0) is 9.59 Å². The topological polar surface area (TPSA) is 80.3 Å². The summed E-state index contributed by atoms with van der Waals surface area (Å²) < 4.78 is 33.0. The minimum Gasteiger partial charge on any atom is -0.496 e. The number of amides is 2. The Morgan fingerprint density at radius 3 is 2.77 bits per heavy atom. The molecule has 0 spiro atoms. The van der Waals surface area contributed by atoms with E-state index in [1.165, 1.54) is 25.3 Å². The molecule has 2 N–H and O–H groups in total. The average Bonchev–Trinajstić information content (AvgIpc) is 2.75. The molecule has 6 nitrogen and oxygen atoms in total. The average molecular weight is 435 g/mol. The number of methoxy groups -OCH3 is 1. The Labute approximate surface area is 178 Å². The number of rotatable bonds is 6. The normalized spacial score (nSPS) is 18.5. The number of hydrogen-bond donors (Lipinski definition) is 3. The highest BCUT2D eigenvalue weighted by atomic mass is 32.1. The largest absolute Gasteiger partial charge is 0.496 e. The standard InChI is InChI=1S/C21H23F2N3O3S/c1-29-18-8-13(22)5-6-15(18)16-9-19(24-10-17(16)23)26-21(28)12-3-2-4-14(7-12)25-20(27)11-30/h5-6,8-10,12,14,30H,2-4,7,11H2,1H3,(H,25,27)(H,24,26,28)/t12-,14+/m0/s1. The summed E-state index contributed by atoms with van der Waals surface area (Å²) in [5.41, 5.74) is 0.487. The van der Waals surface area contributed by atoms with Crippen LogP contribution in [0.2, 0.25) is 0 Å². The Balaban J connectivity index is 1.75. The molecule has 30 heavy (non-hydrogen) atoms. The molecule has 1 aromatic carbocycles. The third-order valence-corrected chi connectivity index (χ3v) is 5.40. The minimum absolute atomic E-state index is 0.0747. The van der Waals surface area contributed by atoms with Gasteiger partial charge in [0, 0.05) is 29.2 Å². The third-order valence-electron chi connectivity index (χ3n) is 5.11. The maximum absolute atomic E-state index is 14.4. The van der Waals surface area contributed by atoms with E-state index in [9.17, 15) is 18.4 Å². The van der Waals surface area contributed by atoms with Gasteiger partial charge in [-0.15, -0.1) is 0 Å². The molecule has 0 saturated heterocycles. The van der Waals surface area contributed by atoms with Crippen molar-refractivity contribution in [3.05, 3.63) is 42.1 Å². The van der Waals surface area contributed by atoms with Gasteiger partial charge < -0.3 is 15.4 Å². The summed E-state index contributed by atoms with van der Waals surface area (Å²) in [6.45, 7) is 0. The van der Waals surface area contributed by atoms with E-state index >= 15 is 0 Å². The first-order chi connectivity index (χ1) is 14.4. The summed E-state index contributed by atoms with van der Waals surface area (Å²) in [7, 11) is 1.37. The molecule has 0 radical (unpaired) electrons. The van der Waals surface area contributed by atoms with Gasteiger partial charge in [0.1, 0.15) is 23.2 Å². The van der Waals surface area contributed by atoms with Crippen molar-refractivity contribution >= 4 is 30.3 Å². The van der Waals surface area contributed by atoms with Crippen LogP contribution in [0.25, 0.3) is 11.1 Å². The highest BCUT2D eigenvalue weighted by molar-refractivity contribution is 7.81. The van der Waals surface area contributed by atoms with Gasteiger partial charge in [-0.1, -0.05) is 6.42 Å². The van der Waals surface area contributed by atoms with Gasteiger partial charge in [-0.2, -0.15) is 12.6 Å². The summed E-state index contributed by atoms with van der Waals surface area (Å²) in [5.74, 6) is -1.36. The summed E-state index contributed by atoms with van der Waals surface area (Å²) >= 11 is 3.95. The van der Waals surface area contributed by atoms with Crippen LogP contribution in [-0.4, -0.2) is 35.7 Å². The SMILES string of the molecule is COc1cc(F)ccc1-c1cc(NC(=O)[C@H]2CCC[C@@H](NC(=O)CS)C2)ncc1F. The first kappa shape index (κ1) is 22.0. The van der Waals surface area contributed by atoms with E-state index in [4.69, 9.17) is 4.74 Å². The molecule has 160 valence electrons. The van der Waals surface area contributed by atoms with Crippen LogP contribution in [0.3, 0.4) is 0 Å². The molecule has 1 aliphatic rings. The molecule has 1 heterocycles. The molecule has 0 bridgehead atoms. The lowest BCUT2D eigenvalue weighted by Crippen LogP contribution is -2.41. The van der Waals surface area contributed by atoms with Crippen molar-refractivity contribution < 1.29 is 23.1 Å². The van der Waals surface area contributed by atoms with Gasteiger partial charge in [0.15, 0.2) is 0 Å². The molecular weight excluding hydrogens is 412 g/mol. The fourth-order valence-electron chi connectivity index (χ4n) is 3.66. The van der Waals surface area contributed by atoms with Crippen LogP contribution < -0.4 is 15.4 Å². The predicted molar refractivity (Wildman–Crippen MR) is 113 cm³/mol. The zero-order valence-electron chi connectivity index (χ0n) is 16.5. The number of pyridine rings is 1. The number of ether oxygens (including phenoxy) is 1. The molecule has 1 aliphatic carbocycles. The second kappa shape index (κ2) is 9.88. The summed E-state index contributed by atoms with van der Waals surface area (Å²) in [5, 5.41) is 5.59. The Hall–Kier alpha value is -2.68. The quantitative estimate of drug-likeness (QED) is 0.606. The number of aromatic nitrogens is 1. The van der Waals surface area contributed by atoms with Gasteiger partial charge in [0.25, 0.3) is 0 Å². The highest BCUT2D eigenvalue weighted by Gasteiger charge is 2.28. The maximum atomic E-state index is 14.4. The number of anilines is 1. The molecule has 0 unspecified atom stereocenters. The molecule has 1 aromatic heterocycles. The molecule has 2 aromatic rings. The number of halogens is 2. The molecule has 2 atom stereocenters. The predicted octanol–water partition coefficient (Wildman–Crippen LogP) is 3.58. The van der Waals surface area contributed by atoms with Gasteiger partial charge in [-0.05, 0) is 37.5 Å². The monoisotopic (exact) mass is 435 g/mol. The second-order valence-corrected chi connectivity index (χ2v) is 7.49. The van der Waals surface area contributed by atoms with E-state index in [1.54, 1.807) is 0 Å². The lowest BCUT2D eigenvalue weighted by atomic mass is 9.85. The van der Waals surface area contributed by atoms with Crippen LogP contribution >= 0.6 is 12.6 Å². The first-order valence-electron chi connectivity index (χ1n) is 9.61. The highest BCUT2D eigenvalue weighted by Crippen LogP contribution is 2.33. The Morgan fingerprint density at radius 2 is 2.03 bits per heavy atom. The van der Waals surface area contributed by atoms with Gasteiger partial charge in [-0.3, -0.25) is 9.59 Å². The fraction of sp³-hybridized carbons (Fsp3) is 0.381. The van der Waals surface area contributed by atoms with Crippen LogP contribution in [0.15, 0.2) is 30.5 Å². The van der Waals surface area contributed by atoms with Crippen LogP contribution in [0, 0.1) is 17.6 Å². The minimum atomic E-state index is -0.620. The van der Waals surface area contributed by atoms with Crippen molar-refractivity contribution in [2.75, 3.05) is 18.2 Å². The zero-order valence-corrected chi connectivity index (χ0v) is 17.3. The van der Waals surface area contributed by atoms with Gasteiger partial charge in [0.05, 0.1) is 19.1 Å². The zero-order chi connectivity index (χ0) is 21.7.